The Morgan fingerprint density at radius 1 is 1.03 bits per heavy atom. The number of carbonyl (C=O) groups excluding carboxylic acids is 1. The molecule has 2 aromatic carbocycles. The van der Waals surface area contributed by atoms with Crippen LogP contribution in [0.4, 0.5) is 0 Å². The first-order valence-electron chi connectivity index (χ1n) is 11.1. The maximum Gasteiger partial charge on any atom is 0.242 e. The standard InChI is InChI=1S/C23H30N6O3S/c1-26(2)33(31,32)20-10-11-22-21(17-20)24-25-29(22)12-6-9-23(30)28-15-13-27(14-16-28)18-19-7-4-3-5-8-19/h3-5,7-8,10-11,17H,6,9,12-16,18H2,1-2H3. The van der Waals surface area contributed by atoms with E-state index in [2.05, 4.69) is 39.5 Å². The van der Waals surface area contributed by atoms with Crippen LogP contribution < -0.4 is 0 Å². The van der Waals surface area contributed by atoms with Crippen molar-refractivity contribution in [3.8, 4) is 0 Å². The largest absolute Gasteiger partial charge is 0.340 e. The Morgan fingerprint density at radius 2 is 1.76 bits per heavy atom. The lowest BCUT2D eigenvalue weighted by atomic mass is 10.2. The molecule has 0 saturated carbocycles. The summed E-state index contributed by atoms with van der Waals surface area (Å²) in [5, 5.41) is 8.26. The van der Waals surface area contributed by atoms with Gasteiger partial charge in [0.1, 0.15) is 5.52 Å². The molecule has 0 aliphatic carbocycles. The summed E-state index contributed by atoms with van der Waals surface area (Å²) in [7, 11) is -0.526. The van der Waals surface area contributed by atoms with Crippen molar-refractivity contribution in [2.75, 3.05) is 40.3 Å². The molecule has 0 spiro atoms. The normalized spacial score (nSPS) is 15.4. The zero-order valence-electron chi connectivity index (χ0n) is 19.1. The van der Waals surface area contributed by atoms with Gasteiger partial charge in [0, 0.05) is 59.8 Å². The molecule has 2 heterocycles. The molecule has 0 unspecified atom stereocenters. The molecule has 33 heavy (non-hydrogen) atoms. The van der Waals surface area contributed by atoms with Crippen molar-refractivity contribution in [3.05, 3.63) is 54.1 Å². The molecular weight excluding hydrogens is 440 g/mol. The van der Waals surface area contributed by atoms with Crippen molar-refractivity contribution in [3.63, 3.8) is 0 Å². The molecule has 0 bridgehead atoms. The van der Waals surface area contributed by atoms with E-state index in [0.717, 1.165) is 38.2 Å². The van der Waals surface area contributed by atoms with Crippen LogP contribution in [0.25, 0.3) is 11.0 Å². The van der Waals surface area contributed by atoms with Gasteiger partial charge in [-0.3, -0.25) is 9.69 Å². The number of amides is 1. The molecule has 1 fully saturated rings. The van der Waals surface area contributed by atoms with E-state index < -0.39 is 10.0 Å². The summed E-state index contributed by atoms with van der Waals surface area (Å²) in [6.45, 7) is 4.73. The van der Waals surface area contributed by atoms with Gasteiger partial charge in [-0.1, -0.05) is 35.5 Å². The third-order valence-electron chi connectivity index (χ3n) is 6.00. The minimum atomic E-state index is -3.52. The quantitative estimate of drug-likeness (QED) is 0.499. The molecular formula is C23H30N6O3S. The molecule has 9 nitrogen and oxygen atoms in total. The molecule has 1 aromatic heterocycles. The highest BCUT2D eigenvalue weighted by Gasteiger charge is 2.21. The Bertz CT molecular complexity index is 1200. The van der Waals surface area contributed by atoms with Gasteiger partial charge in [0.25, 0.3) is 0 Å². The fourth-order valence-electron chi connectivity index (χ4n) is 4.02. The van der Waals surface area contributed by atoms with Crippen LogP contribution >= 0.6 is 0 Å². The number of piperazine rings is 1. The van der Waals surface area contributed by atoms with Gasteiger partial charge >= 0.3 is 0 Å². The minimum Gasteiger partial charge on any atom is -0.340 e. The van der Waals surface area contributed by atoms with Crippen LogP contribution in [0.1, 0.15) is 18.4 Å². The predicted molar refractivity (Wildman–Crippen MR) is 126 cm³/mol. The van der Waals surface area contributed by atoms with E-state index in [4.69, 9.17) is 0 Å². The van der Waals surface area contributed by atoms with Crippen LogP contribution in [0.15, 0.2) is 53.4 Å². The second-order valence-electron chi connectivity index (χ2n) is 8.50. The summed E-state index contributed by atoms with van der Waals surface area (Å²) < 4.78 is 27.5. The molecule has 1 aliphatic heterocycles. The molecule has 0 atom stereocenters. The van der Waals surface area contributed by atoms with Crippen molar-refractivity contribution >= 4 is 27.0 Å². The van der Waals surface area contributed by atoms with Gasteiger partial charge in [-0.15, -0.1) is 5.10 Å². The fraction of sp³-hybridized carbons (Fsp3) is 0.435. The Labute approximate surface area is 194 Å². The van der Waals surface area contributed by atoms with E-state index in [9.17, 15) is 13.2 Å². The first-order valence-corrected chi connectivity index (χ1v) is 12.6. The molecule has 1 aliphatic rings. The van der Waals surface area contributed by atoms with Gasteiger partial charge in [0.05, 0.1) is 10.4 Å². The second-order valence-corrected chi connectivity index (χ2v) is 10.6. The zero-order chi connectivity index (χ0) is 23.4. The first-order chi connectivity index (χ1) is 15.8. The van der Waals surface area contributed by atoms with Crippen LogP contribution in [0.2, 0.25) is 0 Å². The van der Waals surface area contributed by atoms with E-state index in [0.29, 0.717) is 24.9 Å². The van der Waals surface area contributed by atoms with Gasteiger partial charge in [0.15, 0.2) is 0 Å². The fourth-order valence-corrected chi connectivity index (χ4v) is 4.95. The van der Waals surface area contributed by atoms with Crippen LogP contribution in [0.5, 0.6) is 0 Å². The Balaban J connectivity index is 1.27. The van der Waals surface area contributed by atoms with Crippen molar-refractivity contribution in [2.24, 2.45) is 0 Å². The molecule has 3 aromatic rings. The van der Waals surface area contributed by atoms with Crippen LogP contribution in [-0.4, -0.2) is 83.7 Å². The maximum absolute atomic E-state index is 12.7. The number of nitrogens with zero attached hydrogens (tertiary/aromatic N) is 6. The van der Waals surface area contributed by atoms with Gasteiger partial charge in [-0.2, -0.15) is 0 Å². The third-order valence-corrected chi connectivity index (χ3v) is 7.81. The number of rotatable bonds is 8. The zero-order valence-corrected chi connectivity index (χ0v) is 19.9. The highest BCUT2D eigenvalue weighted by molar-refractivity contribution is 7.89. The lowest BCUT2D eigenvalue weighted by molar-refractivity contribution is -0.133. The van der Waals surface area contributed by atoms with Crippen molar-refractivity contribution < 1.29 is 13.2 Å². The molecule has 176 valence electrons. The minimum absolute atomic E-state index is 0.165. The molecule has 1 saturated heterocycles. The Hall–Kier alpha value is -2.82. The Morgan fingerprint density at radius 3 is 2.45 bits per heavy atom. The maximum atomic E-state index is 12.7. The average Bonchev–Trinajstić information content (AvgIpc) is 3.22. The van der Waals surface area contributed by atoms with Gasteiger partial charge < -0.3 is 4.90 Å². The molecule has 0 N–H and O–H groups in total. The van der Waals surface area contributed by atoms with Crippen LogP contribution in [0, 0.1) is 0 Å². The smallest absolute Gasteiger partial charge is 0.242 e. The second kappa shape index (κ2) is 9.98. The highest BCUT2D eigenvalue weighted by atomic mass is 32.2. The number of hydrogen-bond donors (Lipinski definition) is 0. The molecule has 10 heteroatoms. The van der Waals surface area contributed by atoms with Crippen molar-refractivity contribution in [2.45, 2.75) is 30.8 Å². The number of sulfonamides is 1. The lowest BCUT2D eigenvalue weighted by Crippen LogP contribution is -2.48. The number of aromatic nitrogens is 3. The number of carbonyl (C=O) groups is 1. The van der Waals surface area contributed by atoms with Crippen molar-refractivity contribution in [1.82, 2.24) is 29.1 Å². The van der Waals surface area contributed by atoms with Gasteiger partial charge in [-0.25, -0.2) is 17.4 Å². The summed E-state index contributed by atoms with van der Waals surface area (Å²) in [5.74, 6) is 0.165. The summed E-state index contributed by atoms with van der Waals surface area (Å²) >= 11 is 0. The number of benzene rings is 2. The van der Waals surface area contributed by atoms with Crippen molar-refractivity contribution in [1.29, 1.82) is 0 Å². The van der Waals surface area contributed by atoms with E-state index in [1.807, 2.05) is 11.0 Å². The number of hydrogen-bond acceptors (Lipinski definition) is 6. The highest BCUT2D eigenvalue weighted by Crippen LogP contribution is 2.20. The summed E-state index contributed by atoms with van der Waals surface area (Å²) in [6, 6.07) is 15.2. The lowest BCUT2D eigenvalue weighted by Gasteiger charge is -2.34. The van der Waals surface area contributed by atoms with Gasteiger partial charge in [-0.05, 0) is 30.2 Å². The Kier molecular flexibility index (Phi) is 7.06. The first kappa shape index (κ1) is 23.3. The van der Waals surface area contributed by atoms with Crippen LogP contribution in [0.3, 0.4) is 0 Å². The van der Waals surface area contributed by atoms with E-state index in [1.165, 1.54) is 30.0 Å². The molecule has 4 rings (SSSR count). The van der Waals surface area contributed by atoms with E-state index >= 15 is 0 Å². The summed E-state index contributed by atoms with van der Waals surface area (Å²) in [4.78, 5) is 17.2. The van der Waals surface area contributed by atoms with E-state index in [-0.39, 0.29) is 10.8 Å². The summed E-state index contributed by atoms with van der Waals surface area (Å²) in [5.41, 5.74) is 2.58. The van der Waals surface area contributed by atoms with Gasteiger partial charge in [0.2, 0.25) is 15.9 Å². The molecule has 1 amide bonds. The topological polar surface area (TPSA) is 91.6 Å². The monoisotopic (exact) mass is 470 g/mol. The van der Waals surface area contributed by atoms with E-state index in [1.54, 1.807) is 16.8 Å². The van der Waals surface area contributed by atoms with Crippen LogP contribution in [-0.2, 0) is 27.9 Å². The number of aryl methyl sites for hydroxylation is 1. The molecule has 0 radical (unpaired) electrons. The third kappa shape index (κ3) is 5.40. The predicted octanol–water partition coefficient (Wildman–Crippen LogP) is 1.81. The number of fused-ring (bicyclic) bond motifs is 1. The average molecular weight is 471 g/mol. The summed E-state index contributed by atoms with van der Waals surface area (Å²) in [6.07, 6.45) is 1.10. The SMILES string of the molecule is CN(C)S(=O)(=O)c1ccc2c(c1)nnn2CCCC(=O)N1CCN(Cc2ccccc2)CC1.